The first-order valence-electron chi connectivity index (χ1n) is 9.73. The van der Waals surface area contributed by atoms with Crippen molar-refractivity contribution in [2.24, 2.45) is 0 Å². The lowest BCUT2D eigenvalue weighted by molar-refractivity contribution is 0.0473. The summed E-state index contributed by atoms with van der Waals surface area (Å²) >= 11 is 1.33. The standard InChI is InChI=1S/C23H18N2O5S/c1-14-6-7-25-21(10-14)24-16(12-22(25)26)13-30-23(27)20-5-4-19(31-20)15-2-3-17-18(11-15)29-9-8-28-17/h2-7,10-12H,8-9,13H2,1H3. The van der Waals surface area contributed by atoms with Crippen LogP contribution in [0.3, 0.4) is 0 Å². The van der Waals surface area contributed by atoms with Gasteiger partial charge in [-0.1, -0.05) is 0 Å². The van der Waals surface area contributed by atoms with Crippen LogP contribution in [0.25, 0.3) is 16.1 Å². The number of fused-ring (bicyclic) bond motifs is 2. The number of aromatic nitrogens is 2. The number of carbonyl (C=O) groups excluding carboxylic acids is 1. The highest BCUT2D eigenvalue weighted by molar-refractivity contribution is 7.17. The predicted molar refractivity (Wildman–Crippen MR) is 116 cm³/mol. The fourth-order valence-corrected chi connectivity index (χ4v) is 4.23. The highest BCUT2D eigenvalue weighted by atomic mass is 32.1. The Balaban J connectivity index is 1.31. The van der Waals surface area contributed by atoms with Gasteiger partial charge >= 0.3 is 5.97 Å². The maximum absolute atomic E-state index is 12.5. The van der Waals surface area contributed by atoms with Gasteiger partial charge in [0.1, 0.15) is 30.3 Å². The first-order valence-corrected chi connectivity index (χ1v) is 10.5. The van der Waals surface area contributed by atoms with Crippen molar-refractivity contribution in [2.75, 3.05) is 13.2 Å². The molecule has 1 aromatic carbocycles. The zero-order chi connectivity index (χ0) is 21.4. The Morgan fingerprint density at radius 1 is 1.10 bits per heavy atom. The molecule has 8 heteroatoms. The second-order valence-corrected chi connectivity index (χ2v) is 8.20. The van der Waals surface area contributed by atoms with Crippen LogP contribution in [0.5, 0.6) is 11.5 Å². The Morgan fingerprint density at radius 3 is 2.81 bits per heavy atom. The van der Waals surface area contributed by atoms with Crippen molar-refractivity contribution in [3.63, 3.8) is 0 Å². The van der Waals surface area contributed by atoms with E-state index in [-0.39, 0.29) is 12.2 Å². The molecule has 0 aliphatic carbocycles. The fourth-order valence-electron chi connectivity index (χ4n) is 3.34. The summed E-state index contributed by atoms with van der Waals surface area (Å²) in [5.41, 5.74) is 2.65. The number of carbonyl (C=O) groups is 1. The summed E-state index contributed by atoms with van der Waals surface area (Å²) in [5, 5.41) is 0. The van der Waals surface area contributed by atoms with Crippen LogP contribution in [0.1, 0.15) is 20.9 Å². The van der Waals surface area contributed by atoms with Crippen LogP contribution in [0.4, 0.5) is 0 Å². The minimum atomic E-state index is -0.458. The highest BCUT2D eigenvalue weighted by Gasteiger charge is 2.16. The van der Waals surface area contributed by atoms with Gasteiger partial charge in [0.15, 0.2) is 11.5 Å². The molecular weight excluding hydrogens is 416 g/mol. The second kappa shape index (κ2) is 7.88. The van der Waals surface area contributed by atoms with E-state index in [4.69, 9.17) is 14.2 Å². The van der Waals surface area contributed by atoms with Gasteiger partial charge in [-0.15, -0.1) is 11.3 Å². The summed E-state index contributed by atoms with van der Waals surface area (Å²) in [6, 6.07) is 14.3. The number of pyridine rings is 1. The minimum Gasteiger partial charge on any atom is -0.486 e. The van der Waals surface area contributed by atoms with Gasteiger partial charge in [-0.25, -0.2) is 9.78 Å². The summed E-state index contributed by atoms with van der Waals surface area (Å²) in [6.45, 7) is 2.91. The van der Waals surface area contributed by atoms with E-state index >= 15 is 0 Å². The molecule has 0 unspecified atom stereocenters. The van der Waals surface area contributed by atoms with E-state index in [9.17, 15) is 9.59 Å². The SMILES string of the molecule is Cc1ccn2c(=O)cc(COC(=O)c3ccc(-c4ccc5c(c4)OCCO5)s3)nc2c1. The van der Waals surface area contributed by atoms with Crippen LogP contribution in [-0.2, 0) is 11.3 Å². The lowest BCUT2D eigenvalue weighted by atomic mass is 10.1. The summed E-state index contributed by atoms with van der Waals surface area (Å²) in [6.07, 6.45) is 1.68. The molecule has 0 bridgehead atoms. The third-order valence-corrected chi connectivity index (χ3v) is 5.98. The Labute approximate surface area is 181 Å². The minimum absolute atomic E-state index is 0.0736. The van der Waals surface area contributed by atoms with Gasteiger partial charge in [-0.3, -0.25) is 9.20 Å². The van der Waals surface area contributed by atoms with Crippen molar-refractivity contribution < 1.29 is 19.0 Å². The molecule has 4 heterocycles. The number of benzene rings is 1. The second-order valence-electron chi connectivity index (χ2n) is 7.12. The molecule has 0 fully saturated rings. The molecule has 31 heavy (non-hydrogen) atoms. The molecule has 0 spiro atoms. The zero-order valence-electron chi connectivity index (χ0n) is 16.7. The average molecular weight is 434 g/mol. The van der Waals surface area contributed by atoms with E-state index in [0.717, 1.165) is 21.8 Å². The first kappa shape index (κ1) is 19.3. The van der Waals surface area contributed by atoms with Gasteiger partial charge in [0.2, 0.25) is 0 Å². The number of hydrogen-bond donors (Lipinski definition) is 0. The number of hydrogen-bond acceptors (Lipinski definition) is 7. The molecular formula is C23H18N2O5S. The van der Waals surface area contributed by atoms with Crippen LogP contribution in [-0.4, -0.2) is 28.6 Å². The van der Waals surface area contributed by atoms with Crippen molar-refractivity contribution in [1.29, 1.82) is 0 Å². The summed E-state index contributed by atoms with van der Waals surface area (Å²) in [7, 11) is 0. The lowest BCUT2D eigenvalue weighted by Gasteiger charge is -2.18. The van der Waals surface area contributed by atoms with Crippen molar-refractivity contribution in [3.05, 3.63) is 81.2 Å². The Bertz CT molecular complexity index is 1360. The predicted octanol–water partition coefficient (Wildman–Crippen LogP) is 3.86. The molecule has 3 aromatic heterocycles. The molecule has 1 aliphatic heterocycles. The highest BCUT2D eigenvalue weighted by Crippen LogP contribution is 2.37. The molecule has 156 valence electrons. The molecule has 0 amide bonds. The van der Waals surface area contributed by atoms with Gasteiger partial charge in [0, 0.05) is 17.1 Å². The molecule has 0 radical (unpaired) electrons. The molecule has 1 aliphatic rings. The fraction of sp³-hybridized carbons (Fsp3) is 0.174. The number of ether oxygens (including phenoxy) is 3. The van der Waals surface area contributed by atoms with Gasteiger partial charge < -0.3 is 14.2 Å². The average Bonchev–Trinajstić information content (AvgIpc) is 3.27. The first-order chi connectivity index (χ1) is 15.1. The third kappa shape index (κ3) is 3.89. The Hall–Kier alpha value is -3.65. The third-order valence-electron chi connectivity index (χ3n) is 4.86. The maximum Gasteiger partial charge on any atom is 0.348 e. The van der Waals surface area contributed by atoms with E-state index in [1.165, 1.54) is 21.8 Å². The Morgan fingerprint density at radius 2 is 1.94 bits per heavy atom. The zero-order valence-corrected chi connectivity index (χ0v) is 17.5. The normalized spacial score (nSPS) is 12.7. The van der Waals surface area contributed by atoms with E-state index in [1.807, 2.05) is 43.3 Å². The van der Waals surface area contributed by atoms with Crippen molar-refractivity contribution in [2.45, 2.75) is 13.5 Å². The van der Waals surface area contributed by atoms with Crippen LogP contribution in [0.15, 0.2) is 59.5 Å². The molecule has 0 N–H and O–H groups in total. The summed E-state index contributed by atoms with van der Waals surface area (Å²) < 4.78 is 18.0. The number of nitrogens with zero attached hydrogens (tertiary/aromatic N) is 2. The smallest absolute Gasteiger partial charge is 0.348 e. The number of esters is 1. The van der Waals surface area contributed by atoms with Crippen LogP contribution < -0.4 is 15.0 Å². The van der Waals surface area contributed by atoms with Crippen LogP contribution in [0, 0.1) is 6.92 Å². The van der Waals surface area contributed by atoms with Gasteiger partial charge in [-0.2, -0.15) is 0 Å². The lowest BCUT2D eigenvalue weighted by Crippen LogP contribution is -2.16. The largest absolute Gasteiger partial charge is 0.486 e. The summed E-state index contributed by atoms with van der Waals surface area (Å²) in [5.74, 6) is 0.963. The van der Waals surface area contributed by atoms with Crippen molar-refractivity contribution in [1.82, 2.24) is 9.38 Å². The Kier molecular flexibility index (Phi) is 4.91. The molecule has 0 atom stereocenters. The molecule has 0 saturated carbocycles. The molecule has 4 aromatic rings. The van der Waals surface area contributed by atoms with Crippen LogP contribution in [0.2, 0.25) is 0 Å². The molecule has 0 saturated heterocycles. The van der Waals surface area contributed by atoms with Gasteiger partial charge in [-0.05, 0) is 60.5 Å². The van der Waals surface area contributed by atoms with Gasteiger partial charge in [0.05, 0.1) is 5.69 Å². The van der Waals surface area contributed by atoms with Crippen molar-refractivity contribution in [3.8, 4) is 21.9 Å². The maximum atomic E-state index is 12.5. The number of rotatable bonds is 4. The van der Waals surface area contributed by atoms with Gasteiger partial charge in [0.25, 0.3) is 5.56 Å². The monoisotopic (exact) mass is 434 g/mol. The van der Waals surface area contributed by atoms with Crippen LogP contribution >= 0.6 is 11.3 Å². The van der Waals surface area contributed by atoms with Crippen molar-refractivity contribution >= 4 is 23.0 Å². The topological polar surface area (TPSA) is 79.1 Å². The van der Waals surface area contributed by atoms with E-state index in [2.05, 4.69) is 4.98 Å². The van der Waals surface area contributed by atoms with E-state index < -0.39 is 5.97 Å². The molecule has 5 rings (SSSR count). The number of aryl methyl sites for hydroxylation is 1. The van der Waals surface area contributed by atoms with E-state index in [1.54, 1.807) is 12.3 Å². The quantitative estimate of drug-likeness (QED) is 0.454. The van der Waals surface area contributed by atoms with E-state index in [0.29, 0.717) is 35.2 Å². The summed E-state index contributed by atoms with van der Waals surface area (Å²) in [4.78, 5) is 30.6. The number of thiophene rings is 1. The molecule has 7 nitrogen and oxygen atoms in total.